The Morgan fingerprint density at radius 3 is 2.35 bits per heavy atom. The second kappa shape index (κ2) is 5.13. The first kappa shape index (κ1) is 14.6. The summed E-state index contributed by atoms with van der Waals surface area (Å²) in [6.07, 6.45) is 2.69. The molecule has 2 fully saturated rings. The third-order valence-corrected chi connectivity index (χ3v) is 5.72. The minimum absolute atomic E-state index is 0.219. The standard InChI is InChI=1S/C15H24BNO2S/c1-14(2)15(3,4)19-16(18-14)12-9-13(20-11-12)10-17-7-5-6-8-17/h9,11H,5-8,10H2,1-4H3. The lowest BCUT2D eigenvalue weighted by molar-refractivity contribution is 0.00578. The van der Waals surface area contributed by atoms with Gasteiger partial charge in [0.1, 0.15) is 0 Å². The molecule has 3 heterocycles. The maximum atomic E-state index is 6.10. The van der Waals surface area contributed by atoms with Crippen molar-refractivity contribution in [2.45, 2.75) is 58.3 Å². The van der Waals surface area contributed by atoms with Gasteiger partial charge >= 0.3 is 7.12 Å². The lowest BCUT2D eigenvalue weighted by Gasteiger charge is -2.32. The highest BCUT2D eigenvalue weighted by atomic mass is 32.1. The molecule has 0 unspecified atom stereocenters. The van der Waals surface area contributed by atoms with Gasteiger partial charge in [0.25, 0.3) is 0 Å². The average molecular weight is 293 g/mol. The van der Waals surface area contributed by atoms with E-state index in [9.17, 15) is 0 Å². The van der Waals surface area contributed by atoms with Gasteiger partial charge in [-0.25, -0.2) is 0 Å². The predicted octanol–water partition coefficient (Wildman–Crippen LogP) is 2.64. The fourth-order valence-corrected chi connectivity index (χ4v) is 3.67. The second-order valence-electron chi connectivity index (χ2n) is 6.92. The summed E-state index contributed by atoms with van der Waals surface area (Å²) in [4.78, 5) is 3.94. The third-order valence-electron chi connectivity index (χ3n) is 4.78. The number of nitrogens with zero attached hydrogens (tertiary/aromatic N) is 1. The van der Waals surface area contributed by atoms with Crippen molar-refractivity contribution in [3.63, 3.8) is 0 Å². The molecule has 2 aliphatic heterocycles. The van der Waals surface area contributed by atoms with Gasteiger partial charge in [-0.15, -0.1) is 11.3 Å². The molecule has 110 valence electrons. The molecule has 0 radical (unpaired) electrons. The number of hydrogen-bond donors (Lipinski definition) is 0. The zero-order valence-corrected chi connectivity index (χ0v) is 13.8. The summed E-state index contributed by atoms with van der Waals surface area (Å²) >= 11 is 1.82. The van der Waals surface area contributed by atoms with Gasteiger partial charge in [0, 0.05) is 11.4 Å². The normalized spacial score (nSPS) is 25.5. The number of hydrogen-bond acceptors (Lipinski definition) is 4. The molecule has 0 spiro atoms. The highest BCUT2D eigenvalue weighted by Gasteiger charge is 2.51. The molecule has 5 heteroatoms. The Balaban J connectivity index is 1.68. The summed E-state index contributed by atoms with van der Waals surface area (Å²) in [6.45, 7) is 12.0. The molecule has 0 bridgehead atoms. The number of rotatable bonds is 3. The van der Waals surface area contributed by atoms with Crippen molar-refractivity contribution in [2.24, 2.45) is 0 Å². The summed E-state index contributed by atoms with van der Waals surface area (Å²) < 4.78 is 12.2. The van der Waals surface area contributed by atoms with Gasteiger partial charge in [0.15, 0.2) is 0 Å². The monoisotopic (exact) mass is 293 g/mol. The van der Waals surface area contributed by atoms with Crippen LogP contribution in [0.15, 0.2) is 11.4 Å². The summed E-state index contributed by atoms with van der Waals surface area (Å²) in [5.41, 5.74) is 0.659. The molecule has 0 amide bonds. The van der Waals surface area contributed by atoms with Crippen LogP contribution in [0.2, 0.25) is 0 Å². The van der Waals surface area contributed by atoms with E-state index in [1.165, 1.54) is 36.3 Å². The largest absolute Gasteiger partial charge is 0.495 e. The summed E-state index contributed by atoms with van der Waals surface area (Å²) in [6, 6.07) is 2.26. The van der Waals surface area contributed by atoms with E-state index in [2.05, 4.69) is 44.0 Å². The van der Waals surface area contributed by atoms with Crippen LogP contribution in [0.1, 0.15) is 45.4 Å². The van der Waals surface area contributed by atoms with Crippen LogP contribution in [0, 0.1) is 0 Å². The molecule has 2 aliphatic rings. The van der Waals surface area contributed by atoms with Gasteiger partial charge in [-0.2, -0.15) is 0 Å². The summed E-state index contributed by atoms with van der Waals surface area (Å²) in [5, 5.41) is 2.19. The van der Waals surface area contributed by atoms with Crippen LogP contribution in [-0.4, -0.2) is 36.3 Å². The van der Waals surface area contributed by atoms with Crippen molar-refractivity contribution in [3.8, 4) is 0 Å². The Bertz CT molecular complexity index is 464. The molecule has 0 saturated carbocycles. The first-order valence-electron chi connectivity index (χ1n) is 7.53. The van der Waals surface area contributed by atoms with Crippen molar-refractivity contribution in [2.75, 3.05) is 13.1 Å². The molecule has 0 atom stereocenters. The quantitative estimate of drug-likeness (QED) is 0.800. The van der Waals surface area contributed by atoms with Crippen LogP contribution < -0.4 is 5.46 Å². The van der Waals surface area contributed by atoms with Gasteiger partial charge in [-0.3, -0.25) is 4.90 Å². The molecular weight excluding hydrogens is 269 g/mol. The molecule has 0 N–H and O–H groups in total. The first-order chi connectivity index (χ1) is 9.37. The molecule has 0 aromatic carbocycles. The minimum Gasteiger partial charge on any atom is -0.399 e. The van der Waals surface area contributed by atoms with Crippen LogP contribution >= 0.6 is 11.3 Å². The van der Waals surface area contributed by atoms with Crippen molar-refractivity contribution in [1.29, 1.82) is 0 Å². The Hall–Kier alpha value is -0.355. The molecule has 0 aliphatic carbocycles. The summed E-state index contributed by atoms with van der Waals surface area (Å²) in [7, 11) is -0.219. The van der Waals surface area contributed by atoms with Crippen LogP contribution in [0.4, 0.5) is 0 Å². The fourth-order valence-electron chi connectivity index (χ4n) is 2.74. The smallest absolute Gasteiger partial charge is 0.399 e. The van der Waals surface area contributed by atoms with Gasteiger partial charge in [0.05, 0.1) is 11.2 Å². The predicted molar refractivity (Wildman–Crippen MR) is 84.5 cm³/mol. The maximum Gasteiger partial charge on any atom is 0.495 e. The highest BCUT2D eigenvalue weighted by Crippen LogP contribution is 2.36. The van der Waals surface area contributed by atoms with Crippen LogP contribution in [0.3, 0.4) is 0 Å². The molecule has 2 saturated heterocycles. The van der Waals surface area contributed by atoms with E-state index in [1.54, 1.807) is 0 Å². The molecule has 1 aromatic heterocycles. The molecule has 3 nitrogen and oxygen atoms in total. The maximum absolute atomic E-state index is 6.10. The second-order valence-corrected chi connectivity index (χ2v) is 7.91. The van der Waals surface area contributed by atoms with Crippen LogP contribution in [-0.2, 0) is 15.9 Å². The van der Waals surface area contributed by atoms with Gasteiger partial charge in [-0.1, -0.05) is 0 Å². The van der Waals surface area contributed by atoms with Gasteiger partial charge < -0.3 is 9.31 Å². The molecule has 3 rings (SSSR count). The Labute approximate surface area is 126 Å². The van der Waals surface area contributed by atoms with Crippen LogP contribution in [0.5, 0.6) is 0 Å². The fraction of sp³-hybridized carbons (Fsp3) is 0.733. The van der Waals surface area contributed by atoms with E-state index in [-0.39, 0.29) is 18.3 Å². The number of thiophene rings is 1. The molecule has 20 heavy (non-hydrogen) atoms. The lowest BCUT2D eigenvalue weighted by Crippen LogP contribution is -2.41. The van der Waals surface area contributed by atoms with Crippen molar-refractivity contribution >= 4 is 23.9 Å². The minimum atomic E-state index is -0.255. The lowest BCUT2D eigenvalue weighted by atomic mass is 9.81. The topological polar surface area (TPSA) is 21.7 Å². The van der Waals surface area contributed by atoms with Crippen molar-refractivity contribution < 1.29 is 9.31 Å². The van der Waals surface area contributed by atoms with Crippen molar-refractivity contribution in [3.05, 3.63) is 16.3 Å². The van der Waals surface area contributed by atoms with Gasteiger partial charge in [0.2, 0.25) is 0 Å². The Kier molecular flexibility index (Phi) is 3.74. The number of likely N-dealkylation sites (tertiary alicyclic amines) is 1. The third kappa shape index (κ3) is 2.69. The van der Waals surface area contributed by atoms with E-state index in [1.807, 2.05) is 11.3 Å². The van der Waals surface area contributed by atoms with Crippen LogP contribution in [0.25, 0.3) is 0 Å². The van der Waals surface area contributed by atoms with Crippen molar-refractivity contribution in [1.82, 2.24) is 4.90 Å². The van der Waals surface area contributed by atoms with E-state index in [0.717, 1.165) is 6.54 Å². The average Bonchev–Trinajstić information content (AvgIpc) is 3.02. The Morgan fingerprint density at radius 2 is 1.75 bits per heavy atom. The van der Waals surface area contributed by atoms with E-state index in [4.69, 9.17) is 9.31 Å². The SMILES string of the molecule is CC1(C)OB(c2csc(CN3CCCC3)c2)OC1(C)C. The zero-order chi connectivity index (χ0) is 14.4. The Morgan fingerprint density at radius 1 is 1.15 bits per heavy atom. The molecular formula is C15H24BNO2S. The van der Waals surface area contributed by atoms with Gasteiger partial charge in [-0.05, 0) is 70.5 Å². The highest BCUT2D eigenvalue weighted by molar-refractivity contribution is 7.11. The zero-order valence-electron chi connectivity index (χ0n) is 12.9. The van der Waals surface area contributed by atoms with E-state index in [0.29, 0.717) is 0 Å². The first-order valence-corrected chi connectivity index (χ1v) is 8.41. The summed E-state index contributed by atoms with van der Waals surface area (Å²) in [5.74, 6) is 0. The van der Waals surface area contributed by atoms with E-state index < -0.39 is 0 Å². The van der Waals surface area contributed by atoms with E-state index >= 15 is 0 Å². The molecule has 1 aromatic rings.